The van der Waals surface area contributed by atoms with Crippen molar-refractivity contribution in [3.8, 4) is 0 Å². The predicted octanol–water partition coefficient (Wildman–Crippen LogP) is 3.88. The molecule has 1 unspecified atom stereocenters. The van der Waals surface area contributed by atoms with E-state index in [4.69, 9.17) is 0 Å². The first-order valence-electron chi connectivity index (χ1n) is 10.1. The first-order valence-corrected chi connectivity index (χ1v) is 11.3. The Labute approximate surface area is 181 Å². The quantitative estimate of drug-likeness (QED) is 0.684. The highest BCUT2D eigenvalue weighted by molar-refractivity contribution is 7.98. The summed E-state index contributed by atoms with van der Waals surface area (Å²) in [5.41, 5.74) is 1.91. The van der Waals surface area contributed by atoms with E-state index in [1.165, 1.54) is 0 Å². The van der Waals surface area contributed by atoms with Crippen molar-refractivity contribution in [2.24, 2.45) is 5.92 Å². The topological polar surface area (TPSA) is 69.7 Å². The van der Waals surface area contributed by atoms with E-state index < -0.39 is 5.92 Å². The normalized spacial score (nSPS) is 15.9. The Balaban J connectivity index is 1.67. The van der Waals surface area contributed by atoms with Crippen LogP contribution in [0.4, 0.5) is 11.4 Å². The zero-order valence-electron chi connectivity index (χ0n) is 17.6. The van der Waals surface area contributed by atoms with Gasteiger partial charge in [0.1, 0.15) is 0 Å². The first-order chi connectivity index (χ1) is 14.5. The van der Waals surface area contributed by atoms with Crippen LogP contribution in [0.15, 0.2) is 53.4 Å². The van der Waals surface area contributed by atoms with Gasteiger partial charge < -0.3 is 15.1 Å². The highest BCUT2D eigenvalue weighted by Crippen LogP contribution is 2.28. The van der Waals surface area contributed by atoms with Gasteiger partial charge in [0.15, 0.2) is 0 Å². The second-order valence-electron chi connectivity index (χ2n) is 7.15. The Morgan fingerprint density at radius 1 is 1.13 bits per heavy atom. The van der Waals surface area contributed by atoms with Gasteiger partial charge in [-0.15, -0.1) is 11.8 Å². The van der Waals surface area contributed by atoms with Crippen molar-refractivity contribution in [1.82, 2.24) is 4.90 Å². The van der Waals surface area contributed by atoms with Crippen LogP contribution >= 0.6 is 11.8 Å². The Morgan fingerprint density at radius 2 is 1.83 bits per heavy atom. The van der Waals surface area contributed by atoms with Gasteiger partial charge in [0.05, 0.1) is 5.92 Å². The number of thioether (sulfide) groups is 1. The van der Waals surface area contributed by atoms with Gasteiger partial charge in [-0.05, 0) is 62.6 Å². The molecule has 1 saturated heterocycles. The maximum absolute atomic E-state index is 12.8. The number of nitrogens with zero attached hydrogens (tertiary/aromatic N) is 2. The fourth-order valence-corrected chi connectivity index (χ4v) is 3.97. The third kappa shape index (κ3) is 4.84. The highest BCUT2D eigenvalue weighted by Gasteiger charge is 2.35. The summed E-state index contributed by atoms with van der Waals surface area (Å²) in [6.07, 6.45) is 2.18. The van der Waals surface area contributed by atoms with Crippen molar-refractivity contribution in [3.05, 3.63) is 54.1 Å². The average Bonchev–Trinajstić information content (AvgIpc) is 3.16. The Kier molecular flexibility index (Phi) is 7.15. The van der Waals surface area contributed by atoms with Crippen LogP contribution < -0.4 is 10.2 Å². The summed E-state index contributed by atoms with van der Waals surface area (Å²) in [5.74, 6) is -0.761. The van der Waals surface area contributed by atoms with Gasteiger partial charge in [-0.3, -0.25) is 14.4 Å². The second-order valence-corrected chi connectivity index (χ2v) is 8.03. The molecule has 1 aliphatic rings. The molecule has 3 amide bonds. The molecule has 2 aromatic carbocycles. The van der Waals surface area contributed by atoms with Crippen LogP contribution in [-0.2, 0) is 9.59 Å². The van der Waals surface area contributed by atoms with E-state index in [1.54, 1.807) is 45.8 Å². The van der Waals surface area contributed by atoms with Gasteiger partial charge in [-0.25, -0.2) is 0 Å². The summed E-state index contributed by atoms with van der Waals surface area (Å²) >= 11 is 1.64. The molecule has 1 fully saturated rings. The number of rotatable bonds is 7. The number of carbonyl (C=O) groups excluding carboxylic acids is 3. The molecular formula is C23H27N3O3S. The molecule has 0 bridgehead atoms. The standard InChI is InChI=1S/C23H27N3O3S/c1-4-25(5-2)23(29)16-7-6-8-18(13-16)24-22(28)17-14-21(27)26(15-17)19-9-11-20(30-3)12-10-19/h6-13,17H,4-5,14-15H2,1-3H3,(H,24,28). The Hall–Kier alpha value is -2.80. The lowest BCUT2D eigenvalue weighted by atomic mass is 10.1. The zero-order valence-corrected chi connectivity index (χ0v) is 18.4. The lowest BCUT2D eigenvalue weighted by molar-refractivity contribution is -0.122. The maximum atomic E-state index is 12.8. The molecule has 7 heteroatoms. The van der Waals surface area contributed by atoms with Gasteiger partial charge in [-0.2, -0.15) is 0 Å². The highest BCUT2D eigenvalue weighted by atomic mass is 32.2. The molecule has 1 heterocycles. The molecule has 0 spiro atoms. The smallest absolute Gasteiger partial charge is 0.253 e. The van der Waals surface area contributed by atoms with E-state index in [2.05, 4.69) is 5.32 Å². The van der Waals surface area contributed by atoms with Crippen LogP contribution in [0.5, 0.6) is 0 Å². The number of carbonyl (C=O) groups is 3. The fraction of sp³-hybridized carbons (Fsp3) is 0.348. The lowest BCUT2D eigenvalue weighted by Gasteiger charge is -2.19. The maximum Gasteiger partial charge on any atom is 0.253 e. The summed E-state index contributed by atoms with van der Waals surface area (Å²) in [4.78, 5) is 42.3. The third-order valence-electron chi connectivity index (χ3n) is 5.31. The molecule has 6 nitrogen and oxygen atoms in total. The second kappa shape index (κ2) is 9.80. The minimum Gasteiger partial charge on any atom is -0.339 e. The monoisotopic (exact) mass is 425 g/mol. The molecule has 1 aliphatic heterocycles. The Morgan fingerprint density at radius 3 is 2.47 bits per heavy atom. The van der Waals surface area contributed by atoms with Crippen molar-refractivity contribution in [2.45, 2.75) is 25.2 Å². The molecule has 1 N–H and O–H groups in total. The molecule has 2 aromatic rings. The fourth-order valence-electron chi connectivity index (χ4n) is 3.56. The third-order valence-corrected chi connectivity index (χ3v) is 6.05. The number of nitrogens with one attached hydrogen (secondary N) is 1. The number of amides is 3. The van der Waals surface area contributed by atoms with Crippen LogP contribution in [0.2, 0.25) is 0 Å². The zero-order chi connectivity index (χ0) is 21.7. The van der Waals surface area contributed by atoms with E-state index in [9.17, 15) is 14.4 Å². The van der Waals surface area contributed by atoms with Gasteiger partial charge in [0.2, 0.25) is 11.8 Å². The molecule has 0 radical (unpaired) electrons. The van der Waals surface area contributed by atoms with E-state index in [1.807, 2.05) is 44.4 Å². The minimum absolute atomic E-state index is 0.0579. The Bertz CT molecular complexity index is 926. The molecular weight excluding hydrogens is 398 g/mol. The SMILES string of the molecule is CCN(CC)C(=O)c1cccc(NC(=O)C2CC(=O)N(c3ccc(SC)cc3)C2)c1. The predicted molar refractivity (Wildman–Crippen MR) is 121 cm³/mol. The summed E-state index contributed by atoms with van der Waals surface area (Å²) < 4.78 is 0. The van der Waals surface area contributed by atoms with Crippen molar-refractivity contribution in [3.63, 3.8) is 0 Å². The molecule has 0 aliphatic carbocycles. The van der Waals surface area contributed by atoms with Gasteiger partial charge in [-0.1, -0.05) is 6.07 Å². The number of benzene rings is 2. The molecule has 30 heavy (non-hydrogen) atoms. The van der Waals surface area contributed by atoms with E-state index in [0.717, 1.165) is 10.6 Å². The van der Waals surface area contributed by atoms with E-state index >= 15 is 0 Å². The molecule has 0 saturated carbocycles. The van der Waals surface area contributed by atoms with Crippen LogP contribution in [-0.4, -0.2) is 48.5 Å². The number of hydrogen-bond donors (Lipinski definition) is 1. The van der Waals surface area contributed by atoms with Crippen molar-refractivity contribution in [2.75, 3.05) is 36.1 Å². The van der Waals surface area contributed by atoms with Crippen LogP contribution in [0.1, 0.15) is 30.6 Å². The molecule has 158 valence electrons. The molecule has 0 aromatic heterocycles. The van der Waals surface area contributed by atoms with E-state index in [0.29, 0.717) is 30.9 Å². The summed E-state index contributed by atoms with van der Waals surface area (Å²) in [5, 5.41) is 2.87. The molecule has 3 rings (SSSR count). The van der Waals surface area contributed by atoms with Crippen LogP contribution in [0.3, 0.4) is 0 Å². The van der Waals surface area contributed by atoms with Crippen molar-refractivity contribution < 1.29 is 14.4 Å². The van der Waals surface area contributed by atoms with Crippen molar-refractivity contribution in [1.29, 1.82) is 0 Å². The first kappa shape index (κ1) is 21.9. The van der Waals surface area contributed by atoms with Crippen LogP contribution in [0.25, 0.3) is 0 Å². The average molecular weight is 426 g/mol. The number of hydrogen-bond acceptors (Lipinski definition) is 4. The van der Waals surface area contributed by atoms with Crippen molar-refractivity contribution >= 4 is 40.9 Å². The van der Waals surface area contributed by atoms with Gasteiger partial charge >= 0.3 is 0 Å². The largest absolute Gasteiger partial charge is 0.339 e. The van der Waals surface area contributed by atoms with E-state index in [-0.39, 0.29) is 24.1 Å². The summed E-state index contributed by atoms with van der Waals surface area (Å²) in [7, 11) is 0. The molecule has 1 atom stereocenters. The van der Waals surface area contributed by atoms with Crippen LogP contribution in [0, 0.1) is 5.92 Å². The minimum atomic E-state index is -0.431. The van der Waals surface area contributed by atoms with Gasteiger partial charge in [0.25, 0.3) is 5.91 Å². The van der Waals surface area contributed by atoms with Gasteiger partial charge in [0, 0.05) is 47.9 Å². The number of anilines is 2. The lowest BCUT2D eigenvalue weighted by Crippen LogP contribution is -2.30. The summed E-state index contributed by atoms with van der Waals surface area (Å²) in [6, 6.07) is 14.7. The summed E-state index contributed by atoms with van der Waals surface area (Å²) in [6.45, 7) is 5.48.